The summed E-state index contributed by atoms with van der Waals surface area (Å²) < 4.78 is 0. The monoisotopic (exact) mass is 195 g/mol. The van der Waals surface area contributed by atoms with E-state index in [1.807, 2.05) is 6.07 Å². The zero-order chi connectivity index (χ0) is 10.6. The minimum Gasteiger partial charge on any atom is -0.480 e. The van der Waals surface area contributed by atoms with E-state index in [9.17, 15) is 4.79 Å². The first-order valence-corrected chi connectivity index (χ1v) is 4.13. The summed E-state index contributed by atoms with van der Waals surface area (Å²) in [6.07, 6.45) is 0. The lowest BCUT2D eigenvalue weighted by Gasteiger charge is -2.25. The number of carbonyl (C=O) groups is 1. The van der Waals surface area contributed by atoms with Crippen LogP contribution in [0.15, 0.2) is 30.3 Å². The lowest BCUT2D eigenvalue weighted by Crippen LogP contribution is -2.55. The van der Waals surface area contributed by atoms with Crippen molar-refractivity contribution in [3.8, 4) is 0 Å². The molecule has 0 saturated carbocycles. The summed E-state index contributed by atoms with van der Waals surface area (Å²) in [5, 5.41) is 9.06. The molecule has 1 atom stereocenters. The molecule has 14 heavy (non-hydrogen) atoms. The van der Waals surface area contributed by atoms with E-state index in [4.69, 9.17) is 10.9 Å². The smallest absolute Gasteiger partial charge is 0.329 e. The molecule has 5 heteroatoms. The first kappa shape index (κ1) is 10.6. The van der Waals surface area contributed by atoms with Gasteiger partial charge in [0.25, 0.3) is 0 Å². The Hall–Kier alpha value is -1.43. The van der Waals surface area contributed by atoms with E-state index in [1.165, 1.54) is 6.92 Å². The van der Waals surface area contributed by atoms with E-state index in [-0.39, 0.29) is 0 Å². The molecule has 0 bridgehead atoms. The molecule has 5 nitrogen and oxygen atoms in total. The number of rotatable bonds is 4. The van der Waals surface area contributed by atoms with Crippen molar-refractivity contribution in [2.45, 2.75) is 12.5 Å². The Bertz CT molecular complexity index is 315. The van der Waals surface area contributed by atoms with Crippen molar-refractivity contribution in [1.82, 2.24) is 11.0 Å². The predicted octanol–water partition coefficient (Wildman–Crippen LogP) is -0.0457. The third-order valence-electron chi connectivity index (χ3n) is 2.10. The summed E-state index contributed by atoms with van der Waals surface area (Å²) in [7, 11) is 0. The zero-order valence-corrected chi connectivity index (χ0v) is 7.82. The van der Waals surface area contributed by atoms with Gasteiger partial charge in [-0.05, 0) is 12.5 Å². The number of hydrogen-bond acceptors (Lipinski definition) is 4. The van der Waals surface area contributed by atoms with Crippen molar-refractivity contribution in [2.24, 2.45) is 5.84 Å². The van der Waals surface area contributed by atoms with Gasteiger partial charge >= 0.3 is 5.97 Å². The Balaban J connectivity index is 3.06. The molecule has 0 aromatic heterocycles. The van der Waals surface area contributed by atoms with E-state index in [1.54, 1.807) is 24.3 Å². The van der Waals surface area contributed by atoms with Crippen molar-refractivity contribution in [2.75, 3.05) is 0 Å². The van der Waals surface area contributed by atoms with Crippen LogP contribution in [0.2, 0.25) is 0 Å². The van der Waals surface area contributed by atoms with Crippen LogP contribution in [-0.4, -0.2) is 11.1 Å². The van der Waals surface area contributed by atoms with Crippen LogP contribution in [0.25, 0.3) is 0 Å². The standard InChI is InChI=1S/C9H13N3O2/c1-9(8(13)14,11-12-10)7-5-3-2-4-6-7/h2-6,11-12H,10H2,1H3,(H,13,14). The fraction of sp³-hybridized carbons (Fsp3) is 0.222. The number of carboxylic acid groups (broad SMARTS) is 1. The maximum absolute atomic E-state index is 11.1. The molecule has 1 unspecified atom stereocenters. The zero-order valence-electron chi connectivity index (χ0n) is 7.82. The van der Waals surface area contributed by atoms with Gasteiger partial charge < -0.3 is 5.11 Å². The maximum Gasteiger partial charge on any atom is 0.329 e. The first-order valence-electron chi connectivity index (χ1n) is 4.13. The fourth-order valence-electron chi connectivity index (χ4n) is 1.16. The highest BCUT2D eigenvalue weighted by Crippen LogP contribution is 2.19. The number of nitrogens with two attached hydrogens (primary N) is 1. The minimum atomic E-state index is -1.23. The van der Waals surface area contributed by atoms with Crippen LogP contribution in [0.1, 0.15) is 12.5 Å². The summed E-state index contributed by atoms with van der Waals surface area (Å²) in [5.74, 6) is 4.07. The number of hydrazine groups is 2. The van der Waals surface area contributed by atoms with Crippen LogP contribution >= 0.6 is 0 Å². The average Bonchev–Trinajstić information content (AvgIpc) is 2.19. The number of benzene rings is 1. The lowest BCUT2D eigenvalue weighted by atomic mass is 9.93. The van der Waals surface area contributed by atoms with E-state index in [0.717, 1.165) is 0 Å². The number of carboxylic acids is 1. The van der Waals surface area contributed by atoms with Crippen LogP contribution < -0.4 is 16.8 Å². The Morgan fingerprint density at radius 3 is 2.43 bits per heavy atom. The first-order chi connectivity index (χ1) is 6.61. The van der Waals surface area contributed by atoms with Gasteiger partial charge in [0, 0.05) is 0 Å². The number of nitrogens with one attached hydrogen (secondary N) is 2. The molecule has 1 aromatic rings. The molecule has 1 rings (SSSR count). The van der Waals surface area contributed by atoms with Gasteiger partial charge in [-0.2, -0.15) is 5.53 Å². The topological polar surface area (TPSA) is 87.4 Å². The highest BCUT2D eigenvalue weighted by molar-refractivity contribution is 5.80. The van der Waals surface area contributed by atoms with Crippen molar-refractivity contribution in [3.05, 3.63) is 35.9 Å². The Labute approximate surface area is 81.9 Å². The maximum atomic E-state index is 11.1. The molecular formula is C9H13N3O2. The minimum absolute atomic E-state index is 0.630. The Kier molecular flexibility index (Phi) is 3.19. The second kappa shape index (κ2) is 4.19. The van der Waals surface area contributed by atoms with E-state index in [2.05, 4.69) is 11.0 Å². The largest absolute Gasteiger partial charge is 0.480 e. The highest BCUT2D eigenvalue weighted by atomic mass is 16.4. The van der Waals surface area contributed by atoms with Crippen LogP contribution in [0.5, 0.6) is 0 Å². The molecule has 0 radical (unpaired) electrons. The Morgan fingerprint density at radius 1 is 1.43 bits per heavy atom. The molecule has 0 fully saturated rings. The van der Waals surface area contributed by atoms with Crippen molar-refractivity contribution < 1.29 is 9.90 Å². The van der Waals surface area contributed by atoms with Gasteiger partial charge in [-0.1, -0.05) is 30.3 Å². The van der Waals surface area contributed by atoms with Gasteiger partial charge in [0.2, 0.25) is 0 Å². The molecular weight excluding hydrogens is 182 g/mol. The lowest BCUT2D eigenvalue weighted by molar-refractivity contribution is -0.145. The summed E-state index contributed by atoms with van der Waals surface area (Å²) in [4.78, 5) is 11.1. The van der Waals surface area contributed by atoms with Crippen molar-refractivity contribution in [1.29, 1.82) is 0 Å². The molecule has 0 aliphatic rings. The number of hydrogen-bond donors (Lipinski definition) is 4. The van der Waals surface area contributed by atoms with Gasteiger partial charge in [-0.3, -0.25) is 5.84 Å². The molecule has 1 aromatic carbocycles. The predicted molar refractivity (Wildman–Crippen MR) is 51.9 cm³/mol. The van der Waals surface area contributed by atoms with Gasteiger partial charge in [0.1, 0.15) is 0 Å². The third kappa shape index (κ3) is 1.90. The fourth-order valence-corrected chi connectivity index (χ4v) is 1.16. The molecule has 0 saturated heterocycles. The van der Waals surface area contributed by atoms with Gasteiger partial charge in [0.15, 0.2) is 5.54 Å². The molecule has 0 aliphatic carbocycles. The van der Waals surface area contributed by atoms with Crippen LogP contribution in [0.3, 0.4) is 0 Å². The summed E-state index contributed by atoms with van der Waals surface area (Å²) in [5.41, 5.74) is 4.06. The summed E-state index contributed by atoms with van der Waals surface area (Å²) in [6, 6.07) is 8.81. The van der Waals surface area contributed by atoms with E-state index in [0.29, 0.717) is 5.56 Å². The van der Waals surface area contributed by atoms with Gasteiger partial charge in [-0.15, -0.1) is 0 Å². The molecule has 76 valence electrons. The Morgan fingerprint density at radius 2 is 2.00 bits per heavy atom. The molecule has 0 spiro atoms. The van der Waals surface area contributed by atoms with Crippen molar-refractivity contribution >= 4 is 5.97 Å². The number of aliphatic carboxylic acids is 1. The normalized spacial score (nSPS) is 14.7. The molecule has 0 heterocycles. The highest BCUT2D eigenvalue weighted by Gasteiger charge is 2.34. The second-order valence-electron chi connectivity index (χ2n) is 3.07. The van der Waals surface area contributed by atoms with Gasteiger partial charge in [-0.25, -0.2) is 10.2 Å². The van der Waals surface area contributed by atoms with Crippen molar-refractivity contribution in [3.63, 3.8) is 0 Å². The molecule has 5 N–H and O–H groups in total. The summed E-state index contributed by atoms with van der Waals surface area (Å²) >= 11 is 0. The molecule has 0 aliphatic heterocycles. The average molecular weight is 195 g/mol. The quantitative estimate of drug-likeness (QED) is 0.400. The molecule has 0 amide bonds. The van der Waals surface area contributed by atoms with E-state index < -0.39 is 11.5 Å². The SMILES string of the molecule is CC(NNN)(C(=O)O)c1ccccc1. The van der Waals surface area contributed by atoms with Gasteiger partial charge in [0.05, 0.1) is 0 Å². The van der Waals surface area contributed by atoms with Crippen LogP contribution in [-0.2, 0) is 10.3 Å². The third-order valence-corrected chi connectivity index (χ3v) is 2.10. The van der Waals surface area contributed by atoms with Crippen LogP contribution in [0, 0.1) is 0 Å². The summed E-state index contributed by atoms with van der Waals surface area (Å²) in [6.45, 7) is 1.53. The van der Waals surface area contributed by atoms with E-state index >= 15 is 0 Å². The second-order valence-corrected chi connectivity index (χ2v) is 3.07. The van der Waals surface area contributed by atoms with Crippen LogP contribution in [0.4, 0.5) is 0 Å².